The standard InChI is InChI=1S/C62H70N6O13S2/c1-7-23-79-47-14-11-15-48(33-47)81-56-34-52-51(65(5)62(74)66(52)6)30-45(56)37-83(75,76)49-16-10-13-43(29-49)59(71)63-22-24-77-25-26-78-27-28-80-55-31-42(58-40(4)64-38-82-58)19-18-41(55)20-21-54(70)53-32-46(69)36-67(53)61(73)57(39(2)3)68-35-44-12-8-9-17-50(44)60(68)72/h8-19,29-31,33-34,38-39,46,53,57,69H,7,20-28,32,35-37H2,1-6H3,(H,63,71)/t46-,53+,57+/m1/s1. The molecule has 0 unspecified atom stereocenters. The zero-order chi connectivity index (χ0) is 59.0. The molecule has 0 radical (unpaired) electrons. The molecule has 7 aromatic rings. The fraction of sp³-hybridized carbons (Fsp3) is 0.387. The molecule has 5 aromatic carbocycles. The smallest absolute Gasteiger partial charge is 0.328 e. The molecule has 2 aromatic heterocycles. The van der Waals surface area contributed by atoms with Crippen molar-refractivity contribution in [2.24, 2.45) is 20.0 Å². The van der Waals surface area contributed by atoms with Crippen LogP contribution in [-0.4, -0.2) is 132 Å². The van der Waals surface area contributed by atoms with Crippen LogP contribution in [0.4, 0.5) is 0 Å². The van der Waals surface area contributed by atoms with Crippen molar-refractivity contribution < 1.29 is 56.4 Å². The number of carbonyl (C=O) groups is 4. The number of hydrogen-bond donors (Lipinski definition) is 2. The Bertz CT molecular complexity index is 3680. The van der Waals surface area contributed by atoms with Gasteiger partial charge in [-0.1, -0.05) is 63.2 Å². The SMILES string of the molecule is CCCOc1cccc(Oc2cc3c(cc2CS(=O)(=O)c2cccc(C(=O)NCCOCCOCCOc4cc(-c5scnc5C)ccc4CCC(=O)[C@@H]4C[C@@H](O)CN4C(=O)[C@H](C(C)C)N4Cc5ccccc5C4=O)c2)n(C)c(=O)n3C)c1. The number of nitrogens with zero attached hydrogens (tertiary/aromatic N) is 5. The number of aliphatic hydroxyl groups is 1. The maximum atomic E-state index is 14.3. The monoisotopic (exact) mass is 1170 g/mol. The number of sulfone groups is 1. The molecule has 0 bridgehead atoms. The van der Waals surface area contributed by atoms with E-state index in [2.05, 4.69) is 10.3 Å². The summed E-state index contributed by atoms with van der Waals surface area (Å²) >= 11 is 1.51. The normalized spacial score (nSPS) is 15.5. The number of benzene rings is 5. The van der Waals surface area contributed by atoms with E-state index in [1.54, 1.807) is 73.0 Å². The molecule has 19 nitrogen and oxygen atoms in total. The van der Waals surface area contributed by atoms with Crippen molar-refractivity contribution in [3.8, 4) is 33.4 Å². The lowest BCUT2D eigenvalue weighted by molar-refractivity contribution is -0.142. The molecule has 1 fully saturated rings. The van der Waals surface area contributed by atoms with E-state index in [9.17, 15) is 37.5 Å². The fourth-order valence-electron chi connectivity index (χ4n) is 10.6. The number of likely N-dealkylation sites (tertiary alicyclic amines) is 1. The van der Waals surface area contributed by atoms with Crippen LogP contribution in [0.1, 0.15) is 83.1 Å². The first-order chi connectivity index (χ1) is 39.9. The highest BCUT2D eigenvalue weighted by molar-refractivity contribution is 7.90. The maximum Gasteiger partial charge on any atom is 0.328 e. The summed E-state index contributed by atoms with van der Waals surface area (Å²) in [5.41, 5.74) is 7.03. The van der Waals surface area contributed by atoms with Gasteiger partial charge in [0, 0.05) is 75.4 Å². The van der Waals surface area contributed by atoms with Gasteiger partial charge in [0.1, 0.15) is 35.6 Å². The van der Waals surface area contributed by atoms with Crippen molar-refractivity contribution in [3.05, 3.63) is 153 Å². The van der Waals surface area contributed by atoms with Crippen LogP contribution in [0.25, 0.3) is 21.5 Å². The third kappa shape index (κ3) is 13.9. The zero-order valence-corrected chi connectivity index (χ0v) is 49.1. The molecule has 4 heterocycles. The minimum Gasteiger partial charge on any atom is -0.493 e. The van der Waals surface area contributed by atoms with Crippen LogP contribution in [0.2, 0.25) is 0 Å². The number of aryl methyl sites for hydroxylation is 4. The second kappa shape index (κ2) is 26.7. The molecule has 1 saturated heterocycles. The van der Waals surface area contributed by atoms with Gasteiger partial charge in [0.05, 0.1) is 82.9 Å². The average molecular weight is 1170 g/mol. The molecule has 9 rings (SSSR count). The number of hydrogen-bond acceptors (Lipinski definition) is 15. The summed E-state index contributed by atoms with van der Waals surface area (Å²) in [5, 5.41) is 13.6. The highest BCUT2D eigenvalue weighted by Gasteiger charge is 2.45. The van der Waals surface area contributed by atoms with Crippen LogP contribution in [0.3, 0.4) is 0 Å². The molecule has 0 spiro atoms. The summed E-state index contributed by atoms with van der Waals surface area (Å²) < 4.78 is 61.0. The summed E-state index contributed by atoms with van der Waals surface area (Å²) in [6.45, 7) is 9.68. The molecule has 21 heteroatoms. The van der Waals surface area contributed by atoms with Crippen LogP contribution in [0.5, 0.6) is 23.0 Å². The Morgan fingerprint density at radius 1 is 0.807 bits per heavy atom. The second-order valence-corrected chi connectivity index (χ2v) is 24.0. The third-order valence-corrected chi connectivity index (χ3v) is 17.5. The summed E-state index contributed by atoms with van der Waals surface area (Å²) in [4.78, 5) is 76.5. The van der Waals surface area contributed by atoms with E-state index in [0.29, 0.717) is 59.0 Å². The minimum absolute atomic E-state index is 0.00592. The number of aliphatic hydroxyl groups excluding tert-OH is 1. The van der Waals surface area contributed by atoms with Crippen molar-refractivity contribution in [2.75, 3.05) is 52.7 Å². The predicted octanol–water partition coefficient (Wildman–Crippen LogP) is 7.85. The Morgan fingerprint density at radius 2 is 1.54 bits per heavy atom. The van der Waals surface area contributed by atoms with Gasteiger partial charge < -0.3 is 43.9 Å². The number of Topliss-reactive ketones (excluding diaryl/α,β-unsaturated/α-hetero) is 1. The van der Waals surface area contributed by atoms with Gasteiger partial charge in [-0.3, -0.25) is 28.3 Å². The molecule has 438 valence electrons. The first kappa shape index (κ1) is 59.9. The van der Waals surface area contributed by atoms with Crippen molar-refractivity contribution in [1.29, 1.82) is 0 Å². The van der Waals surface area contributed by atoms with E-state index in [0.717, 1.165) is 33.7 Å². The summed E-state index contributed by atoms with van der Waals surface area (Å²) in [6, 6.07) is 27.6. The number of β-amino-alcohol motifs (C(OH)–C–C–N with tert-alkyl or cyclic N) is 1. The molecule has 2 aliphatic rings. The number of aromatic nitrogens is 3. The highest BCUT2D eigenvalue weighted by atomic mass is 32.2. The first-order valence-electron chi connectivity index (χ1n) is 27.8. The Morgan fingerprint density at radius 3 is 2.29 bits per heavy atom. The topological polar surface area (TPSA) is 227 Å². The van der Waals surface area contributed by atoms with Gasteiger partial charge in [-0.05, 0) is 90.9 Å². The van der Waals surface area contributed by atoms with E-state index < -0.39 is 39.7 Å². The zero-order valence-electron chi connectivity index (χ0n) is 47.5. The number of rotatable bonds is 27. The summed E-state index contributed by atoms with van der Waals surface area (Å²) in [5.74, 6) is -0.122. The molecule has 0 saturated carbocycles. The number of imidazole rings is 1. The van der Waals surface area contributed by atoms with Gasteiger partial charge in [-0.25, -0.2) is 18.2 Å². The summed E-state index contributed by atoms with van der Waals surface area (Å²) in [7, 11) is -0.808. The largest absolute Gasteiger partial charge is 0.493 e. The minimum atomic E-state index is -4.06. The van der Waals surface area contributed by atoms with Crippen molar-refractivity contribution in [3.63, 3.8) is 0 Å². The number of carbonyl (C=O) groups excluding carboxylic acids is 4. The van der Waals surface area contributed by atoms with Gasteiger partial charge in [0.2, 0.25) is 5.91 Å². The molecule has 3 amide bonds. The lowest BCUT2D eigenvalue weighted by Crippen LogP contribution is -2.54. The van der Waals surface area contributed by atoms with Crippen LogP contribution >= 0.6 is 11.3 Å². The van der Waals surface area contributed by atoms with E-state index in [-0.39, 0.29) is 104 Å². The fourth-order valence-corrected chi connectivity index (χ4v) is 12.8. The molecule has 83 heavy (non-hydrogen) atoms. The number of nitrogens with one attached hydrogen (secondary N) is 1. The molecular weight excluding hydrogens is 1100 g/mol. The maximum absolute atomic E-state index is 14.3. The van der Waals surface area contributed by atoms with Crippen molar-refractivity contribution in [2.45, 2.75) is 88.8 Å². The van der Waals surface area contributed by atoms with Gasteiger partial charge in [-0.2, -0.15) is 0 Å². The molecule has 0 aliphatic carbocycles. The molecular formula is C62H70N6O13S2. The lowest BCUT2D eigenvalue weighted by atomic mass is 9.97. The number of ketones is 1. The van der Waals surface area contributed by atoms with Crippen LogP contribution < -0.4 is 25.2 Å². The number of amides is 3. The number of fused-ring (bicyclic) bond motifs is 2. The molecule has 2 aliphatic heterocycles. The Hall–Kier alpha value is -7.69. The van der Waals surface area contributed by atoms with Gasteiger partial charge >= 0.3 is 5.69 Å². The van der Waals surface area contributed by atoms with Crippen LogP contribution in [0, 0.1) is 12.8 Å². The number of ether oxygens (including phenoxy) is 5. The predicted molar refractivity (Wildman–Crippen MR) is 314 cm³/mol. The van der Waals surface area contributed by atoms with E-state index in [4.69, 9.17) is 23.7 Å². The highest BCUT2D eigenvalue weighted by Crippen LogP contribution is 2.36. The second-order valence-electron chi connectivity index (χ2n) is 21.1. The first-order valence-corrected chi connectivity index (χ1v) is 30.4. The van der Waals surface area contributed by atoms with Crippen molar-refractivity contribution >= 4 is 55.7 Å². The van der Waals surface area contributed by atoms with Gasteiger partial charge in [0.25, 0.3) is 11.8 Å². The van der Waals surface area contributed by atoms with E-state index >= 15 is 0 Å². The van der Waals surface area contributed by atoms with Crippen LogP contribution in [-0.2, 0) is 61.7 Å². The van der Waals surface area contributed by atoms with Crippen LogP contribution in [0.15, 0.2) is 118 Å². The Kier molecular flexibility index (Phi) is 19.3. The van der Waals surface area contributed by atoms with E-state index in [1.165, 1.54) is 49.6 Å². The average Bonchev–Trinajstić information content (AvgIpc) is 4.43. The quantitative estimate of drug-likeness (QED) is 0.0468. The van der Waals surface area contributed by atoms with Gasteiger partial charge in [0.15, 0.2) is 15.6 Å². The van der Waals surface area contributed by atoms with Gasteiger partial charge in [-0.15, -0.1) is 11.3 Å². The Balaban J connectivity index is 0.747. The Labute approximate surface area is 486 Å². The molecule has 3 atom stereocenters. The third-order valence-electron chi connectivity index (χ3n) is 14.9. The van der Waals surface area contributed by atoms with E-state index in [1.807, 2.05) is 58.0 Å². The number of thiazole rings is 1. The lowest BCUT2D eigenvalue weighted by Gasteiger charge is -2.35. The molecule has 2 N–H and O–H groups in total. The van der Waals surface area contributed by atoms with Crippen molar-refractivity contribution in [1.82, 2.24) is 29.2 Å². The summed E-state index contributed by atoms with van der Waals surface area (Å²) in [6.07, 6.45) is 0.451.